The lowest BCUT2D eigenvalue weighted by Gasteiger charge is -2.32. The number of rotatable bonds is 13. The van der Waals surface area contributed by atoms with E-state index in [-0.39, 0.29) is 17.9 Å². The van der Waals surface area contributed by atoms with Crippen molar-refractivity contribution in [3.05, 3.63) is 101 Å². The van der Waals surface area contributed by atoms with Gasteiger partial charge in [0.1, 0.15) is 11.8 Å². The Bertz CT molecular complexity index is 1130. The Labute approximate surface area is 225 Å². The summed E-state index contributed by atoms with van der Waals surface area (Å²) in [6, 6.07) is 25.4. The molecule has 2 amide bonds. The van der Waals surface area contributed by atoms with Crippen molar-refractivity contribution in [3.8, 4) is 5.75 Å². The lowest BCUT2D eigenvalue weighted by molar-refractivity contribution is -0.139. The van der Waals surface area contributed by atoms with Crippen molar-refractivity contribution in [1.82, 2.24) is 10.2 Å². The van der Waals surface area contributed by atoms with E-state index in [0.717, 1.165) is 34.4 Å². The first kappa shape index (κ1) is 28.3. The quantitative estimate of drug-likeness (QED) is 0.311. The van der Waals surface area contributed by atoms with Gasteiger partial charge in [-0.1, -0.05) is 79.2 Å². The Morgan fingerprint density at radius 1 is 0.946 bits per heavy atom. The molecular formula is C31H38N2O3S. The highest BCUT2D eigenvalue weighted by Crippen LogP contribution is 2.20. The topological polar surface area (TPSA) is 58.6 Å². The van der Waals surface area contributed by atoms with Crippen molar-refractivity contribution in [1.29, 1.82) is 0 Å². The van der Waals surface area contributed by atoms with Crippen LogP contribution in [-0.2, 0) is 28.3 Å². The van der Waals surface area contributed by atoms with Gasteiger partial charge < -0.3 is 15.0 Å². The molecule has 0 unspecified atom stereocenters. The highest BCUT2D eigenvalue weighted by atomic mass is 32.2. The van der Waals surface area contributed by atoms with Crippen LogP contribution in [-0.4, -0.2) is 41.7 Å². The monoisotopic (exact) mass is 518 g/mol. The SMILES string of the molecule is CC[C@@H](C)NC(=O)[C@@H](Cc1ccccc1)N(Cc1cccc(C)c1)C(=O)CSCc1ccc(OC)cc1. The Morgan fingerprint density at radius 2 is 1.65 bits per heavy atom. The van der Waals surface area contributed by atoms with Crippen LogP contribution in [0.3, 0.4) is 0 Å². The molecule has 0 heterocycles. The van der Waals surface area contributed by atoms with Gasteiger partial charge in [-0.15, -0.1) is 11.8 Å². The molecule has 37 heavy (non-hydrogen) atoms. The van der Waals surface area contributed by atoms with Gasteiger partial charge in [-0.25, -0.2) is 0 Å². The van der Waals surface area contributed by atoms with Crippen LogP contribution in [0.1, 0.15) is 42.5 Å². The van der Waals surface area contributed by atoms with Gasteiger partial charge in [0.05, 0.1) is 12.9 Å². The molecule has 1 N–H and O–H groups in total. The third-order valence-corrected chi connectivity index (χ3v) is 7.35. The van der Waals surface area contributed by atoms with Crippen LogP contribution in [0, 0.1) is 6.92 Å². The fraction of sp³-hybridized carbons (Fsp3) is 0.355. The Kier molecular flexibility index (Phi) is 11.1. The fourth-order valence-corrected chi connectivity index (χ4v) is 4.93. The lowest BCUT2D eigenvalue weighted by atomic mass is 10.0. The molecule has 196 valence electrons. The predicted octanol–water partition coefficient (Wildman–Crippen LogP) is 5.79. The summed E-state index contributed by atoms with van der Waals surface area (Å²) in [5.74, 6) is 1.65. The van der Waals surface area contributed by atoms with Gasteiger partial charge in [-0.2, -0.15) is 0 Å². The summed E-state index contributed by atoms with van der Waals surface area (Å²) in [6.45, 7) is 6.46. The summed E-state index contributed by atoms with van der Waals surface area (Å²) in [4.78, 5) is 29.0. The summed E-state index contributed by atoms with van der Waals surface area (Å²) >= 11 is 1.56. The molecule has 0 radical (unpaired) electrons. The number of nitrogens with zero attached hydrogens (tertiary/aromatic N) is 1. The van der Waals surface area contributed by atoms with E-state index in [1.807, 2.05) is 93.6 Å². The second-order valence-corrected chi connectivity index (χ2v) is 10.4. The van der Waals surface area contributed by atoms with Crippen molar-refractivity contribution in [3.63, 3.8) is 0 Å². The van der Waals surface area contributed by atoms with Crippen LogP contribution in [0.4, 0.5) is 0 Å². The van der Waals surface area contributed by atoms with Crippen molar-refractivity contribution in [2.24, 2.45) is 0 Å². The van der Waals surface area contributed by atoms with Crippen LogP contribution >= 0.6 is 11.8 Å². The number of amides is 2. The molecule has 0 fully saturated rings. The van der Waals surface area contributed by atoms with Crippen LogP contribution < -0.4 is 10.1 Å². The number of methoxy groups -OCH3 is 1. The van der Waals surface area contributed by atoms with Gasteiger partial charge in [0.2, 0.25) is 11.8 Å². The van der Waals surface area contributed by atoms with Gasteiger partial charge in [-0.3, -0.25) is 9.59 Å². The first-order chi connectivity index (χ1) is 17.9. The molecule has 0 saturated heterocycles. The van der Waals surface area contributed by atoms with E-state index in [9.17, 15) is 9.59 Å². The van der Waals surface area contributed by atoms with E-state index in [1.54, 1.807) is 23.8 Å². The normalized spacial score (nSPS) is 12.4. The highest BCUT2D eigenvalue weighted by Gasteiger charge is 2.30. The number of benzene rings is 3. The third kappa shape index (κ3) is 8.97. The van der Waals surface area contributed by atoms with E-state index in [2.05, 4.69) is 11.4 Å². The molecule has 3 aromatic carbocycles. The van der Waals surface area contributed by atoms with Crippen molar-refractivity contribution in [2.75, 3.05) is 12.9 Å². The highest BCUT2D eigenvalue weighted by molar-refractivity contribution is 7.99. The molecular weight excluding hydrogens is 480 g/mol. The smallest absolute Gasteiger partial charge is 0.243 e. The molecule has 0 aromatic heterocycles. The zero-order valence-electron chi connectivity index (χ0n) is 22.3. The van der Waals surface area contributed by atoms with Crippen LogP contribution in [0.25, 0.3) is 0 Å². The van der Waals surface area contributed by atoms with Crippen LogP contribution in [0.2, 0.25) is 0 Å². The number of hydrogen-bond acceptors (Lipinski definition) is 4. The molecule has 3 aromatic rings. The first-order valence-corrected chi connectivity index (χ1v) is 13.9. The number of carbonyl (C=O) groups is 2. The number of ether oxygens (including phenoxy) is 1. The molecule has 0 aliphatic carbocycles. The molecule has 3 rings (SSSR count). The number of carbonyl (C=O) groups excluding carboxylic acids is 2. The standard InChI is InChI=1S/C31H38N2O3S/c1-5-24(3)32-31(35)29(19-25-11-7-6-8-12-25)33(20-27-13-9-10-23(2)18-27)30(34)22-37-21-26-14-16-28(36-4)17-15-26/h6-18,24,29H,5,19-22H2,1-4H3,(H,32,35)/t24-,29-/m1/s1. The third-order valence-electron chi connectivity index (χ3n) is 6.36. The molecule has 5 nitrogen and oxygen atoms in total. The van der Waals surface area contributed by atoms with Gasteiger partial charge in [0.25, 0.3) is 0 Å². The summed E-state index contributed by atoms with van der Waals surface area (Å²) in [5.41, 5.74) is 4.30. The van der Waals surface area contributed by atoms with Crippen molar-refractivity contribution in [2.45, 2.75) is 58.0 Å². The maximum Gasteiger partial charge on any atom is 0.243 e. The lowest BCUT2D eigenvalue weighted by Crippen LogP contribution is -2.52. The van der Waals surface area contributed by atoms with Gasteiger partial charge in [0, 0.05) is 24.8 Å². The van der Waals surface area contributed by atoms with Crippen molar-refractivity contribution >= 4 is 23.6 Å². The zero-order chi connectivity index (χ0) is 26.6. The van der Waals surface area contributed by atoms with Gasteiger partial charge in [-0.05, 0) is 49.1 Å². The van der Waals surface area contributed by atoms with Crippen LogP contribution in [0.5, 0.6) is 5.75 Å². The number of aryl methyl sites for hydroxylation is 1. The molecule has 0 bridgehead atoms. The molecule has 0 aliphatic heterocycles. The molecule has 2 atom stereocenters. The largest absolute Gasteiger partial charge is 0.497 e. The van der Waals surface area contributed by atoms with Gasteiger partial charge >= 0.3 is 0 Å². The Balaban J connectivity index is 1.83. The zero-order valence-corrected chi connectivity index (χ0v) is 23.1. The van der Waals surface area contributed by atoms with Crippen molar-refractivity contribution < 1.29 is 14.3 Å². The predicted molar refractivity (Wildman–Crippen MR) is 153 cm³/mol. The minimum absolute atomic E-state index is 0.0335. The number of nitrogens with one attached hydrogen (secondary N) is 1. The second kappa shape index (κ2) is 14.5. The minimum atomic E-state index is -0.606. The Hall–Kier alpha value is -3.25. The molecule has 0 spiro atoms. The van der Waals surface area contributed by atoms with Crippen LogP contribution in [0.15, 0.2) is 78.9 Å². The molecule has 0 saturated carbocycles. The van der Waals surface area contributed by atoms with E-state index >= 15 is 0 Å². The van der Waals surface area contributed by atoms with E-state index in [1.165, 1.54) is 0 Å². The summed E-state index contributed by atoms with van der Waals surface area (Å²) < 4.78 is 5.24. The van der Waals surface area contributed by atoms with E-state index in [4.69, 9.17) is 4.74 Å². The maximum atomic E-state index is 13.7. The van der Waals surface area contributed by atoms with E-state index < -0.39 is 6.04 Å². The molecule has 0 aliphatic rings. The number of thioether (sulfide) groups is 1. The summed E-state index contributed by atoms with van der Waals surface area (Å²) in [7, 11) is 1.65. The maximum absolute atomic E-state index is 13.7. The first-order valence-electron chi connectivity index (χ1n) is 12.8. The summed E-state index contributed by atoms with van der Waals surface area (Å²) in [6.07, 6.45) is 1.29. The fourth-order valence-electron chi connectivity index (χ4n) is 4.06. The second-order valence-electron chi connectivity index (χ2n) is 9.37. The average molecular weight is 519 g/mol. The minimum Gasteiger partial charge on any atom is -0.497 e. The molecule has 6 heteroatoms. The Morgan fingerprint density at radius 3 is 2.30 bits per heavy atom. The average Bonchev–Trinajstić information content (AvgIpc) is 2.91. The summed E-state index contributed by atoms with van der Waals surface area (Å²) in [5, 5.41) is 3.12. The van der Waals surface area contributed by atoms with Gasteiger partial charge in [0.15, 0.2) is 0 Å². The van der Waals surface area contributed by atoms with E-state index in [0.29, 0.717) is 24.5 Å². The number of hydrogen-bond donors (Lipinski definition) is 1.